The number of carbonyl (C=O) groups is 2. The van der Waals surface area contributed by atoms with Crippen LogP contribution in [0.2, 0.25) is 0 Å². The predicted molar refractivity (Wildman–Crippen MR) is 104 cm³/mol. The third kappa shape index (κ3) is 4.44. The van der Waals surface area contributed by atoms with Crippen molar-refractivity contribution in [3.63, 3.8) is 0 Å². The van der Waals surface area contributed by atoms with Crippen LogP contribution in [-0.4, -0.2) is 30.1 Å². The monoisotopic (exact) mass is 363 g/mol. The number of carbonyl (C=O) groups excluding carboxylic acids is 2. The van der Waals surface area contributed by atoms with Crippen molar-refractivity contribution in [1.29, 1.82) is 0 Å². The summed E-state index contributed by atoms with van der Waals surface area (Å²) < 4.78 is 5.05. The van der Waals surface area contributed by atoms with Crippen LogP contribution in [0, 0.1) is 0 Å². The summed E-state index contributed by atoms with van der Waals surface area (Å²) >= 11 is 0. The molecule has 3 aromatic rings. The van der Waals surface area contributed by atoms with Crippen LogP contribution >= 0.6 is 0 Å². The Hall–Kier alpha value is -3.34. The molecule has 5 heteroatoms. The molecule has 0 bridgehead atoms. The van der Waals surface area contributed by atoms with Gasteiger partial charge < -0.3 is 15.2 Å². The molecule has 1 amide bonds. The zero-order valence-corrected chi connectivity index (χ0v) is 15.0. The van der Waals surface area contributed by atoms with Gasteiger partial charge in [-0.3, -0.25) is 4.79 Å². The molecule has 0 aliphatic heterocycles. The number of hydrogen-bond acceptors (Lipinski definition) is 4. The highest BCUT2D eigenvalue weighted by Gasteiger charge is 2.16. The van der Waals surface area contributed by atoms with Gasteiger partial charge in [0.05, 0.1) is 0 Å². The molecule has 1 atom stereocenters. The lowest BCUT2D eigenvalue weighted by Gasteiger charge is -2.13. The lowest BCUT2D eigenvalue weighted by Crippen LogP contribution is -2.31. The molecule has 0 aliphatic carbocycles. The van der Waals surface area contributed by atoms with Crippen LogP contribution in [-0.2, 0) is 9.53 Å². The van der Waals surface area contributed by atoms with Gasteiger partial charge in [-0.2, -0.15) is 0 Å². The van der Waals surface area contributed by atoms with Gasteiger partial charge in [-0.25, -0.2) is 4.79 Å². The minimum atomic E-state index is -0.732. The Labute approximate surface area is 157 Å². The van der Waals surface area contributed by atoms with Crippen LogP contribution in [0.4, 0.5) is 0 Å². The molecule has 2 N–H and O–H groups in total. The second kappa shape index (κ2) is 8.36. The molecule has 0 saturated carbocycles. The molecular formula is C22H21NO4. The van der Waals surface area contributed by atoms with Crippen LogP contribution in [0.5, 0.6) is 5.75 Å². The summed E-state index contributed by atoms with van der Waals surface area (Å²) in [6, 6.07) is 20.2. The number of benzene rings is 3. The van der Waals surface area contributed by atoms with Gasteiger partial charge in [-0.15, -0.1) is 0 Å². The van der Waals surface area contributed by atoms with Crippen LogP contribution in [0.15, 0.2) is 66.7 Å². The standard InChI is InChI=1S/C22H21NO4/c1-15(16-7-3-2-4-8-16)13-23-20(24)14-27-22(26)19-12-11-17-9-5-6-10-18(17)21(19)25/h2-12,15,25H,13-14H2,1H3,(H,23,24)/t15-/m0/s1. The number of ether oxygens (including phenoxy) is 1. The summed E-state index contributed by atoms with van der Waals surface area (Å²) in [5.74, 6) is -1.11. The van der Waals surface area contributed by atoms with E-state index in [1.165, 1.54) is 6.07 Å². The van der Waals surface area contributed by atoms with Crippen molar-refractivity contribution in [1.82, 2.24) is 5.32 Å². The predicted octanol–water partition coefficient (Wildman–Crippen LogP) is 3.62. The molecule has 3 rings (SSSR count). The third-order valence-electron chi connectivity index (χ3n) is 4.43. The molecule has 0 fully saturated rings. The molecule has 0 aliphatic rings. The fraction of sp³-hybridized carbons (Fsp3) is 0.182. The number of fused-ring (bicyclic) bond motifs is 1. The second-order valence-electron chi connectivity index (χ2n) is 6.37. The second-order valence-corrected chi connectivity index (χ2v) is 6.37. The molecule has 138 valence electrons. The van der Waals surface area contributed by atoms with Crippen molar-refractivity contribution in [3.8, 4) is 5.75 Å². The summed E-state index contributed by atoms with van der Waals surface area (Å²) in [4.78, 5) is 24.2. The summed E-state index contributed by atoms with van der Waals surface area (Å²) in [6.07, 6.45) is 0. The first kappa shape index (κ1) is 18.5. The number of phenolic OH excluding ortho intramolecular Hbond substituents is 1. The van der Waals surface area contributed by atoms with Crippen LogP contribution in [0.3, 0.4) is 0 Å². The van der Waals surface area contributed by atoms with E-state index >= 15 is 0 Å². The molecule has 0 radical (unpaired) electrons. The number of nitrogens with one attached hydrogen (secondary N) is 1. The zero-order valence-electron chi connectivity index (χ0n) is 15.0. The van der Waals surface area contributed by atoms with E-state index in [1.54, 1.807) is 18.2 Å². The molecular weight excluding hydrogens is 342 g/mol. The Balaban J connectivity index is 1.54. The SMILES string of the molecule is C[C@@H](CNC(=O)COC(=O)c1ccc2ccccc2c1O)c1ccccc1. The van der Waals surface area contributed by atoms with E-state index in [1.807, 2.05) is 49.4 Å². The van der Waals surface area contributed by atoms with Crippen LogP contribution in [0.1, 0.15) is 28.8 Å². The van der Waals surface area contributed by atoms with Gasteiger partial charge >= 0.3 is 5.97 Å². The van der Waals surface area contributed by atoms with Gasteiger partial charge in [0.2, 0.25) is 0 Å². The van der Waals surface area contributed by atoms with E-state index in [9.17, 15) is 14.7 Å². The van der Waals surface area contributed by atoms with E-state index in [-0.39, 0.29) is 23.1 Å². The Morgan fingerprint density at radius 3 is 2.48 bits per heavy atom. The lowest BCUT2D eigenvalue weighted by atomic mass is 10.0. The van der Waals surface area contributed by atoms with Crippen molar-refractivity contribution in [2.45, 2.75) is 12.8 Å². The fourth-order valence-corrected chi connectivity index (χ4v) is 2.85. The first-order chi connectivity index (χ1) is 13.1. The first-order valence-corrected chi connectivity index (χ1v) is 8.75. The molecule has 0 heterocycles. The summed E-state index contributed by atoms with van der Waals surface area (Å²) in [5.41, 5.74) is 1.16. The van der Waals surface area contributed by atoms with E-state index in [4.69, 9.17) is 4.74 Å². The van der Waals surface area contributed by atoms with E-state index < -0.39 is 12.6 Å². The van der Waals surface area contributed by atoms with Gasteiger partial charge in [0.25, 0.3) is 5.91 Å². The van der Waals surface area contributed by atoms with Crippen molar-refractivity contribution < 1.29 is 19.4 Å². The molecule has 5 nitrogen and oxygen atoms in total. The van der Waals surface area contributed by atoms with Crippen LogP contribution in [0.25, 0.3) is 10.8 Å². The largest absolute Gasteiger partial charge is 0.506 e. The number of esters is 1. The van der Waals surface area contributed by atoms with E-state index in [2.05, 4.69) is 5.32 Å². The Bertz CT molecular complexity index is 953. The van der Waals surface area contributed by atoms with Gasteiger partial charge in [0.1, 0.15) is 11.3 Å². The molecule has 0 aromatic heterocycles. The van der Waals surface area contributed by atoms with Gasteiger partial charge in [-0.05, 0) is 22.9 Å². The fourth-order valence-electron chi connectivity index (χ4n) is 2.85. The minimum absolute atomic E-state index is 0.0409. The minimum Gasteiger partial charge on any atom is -0.506 e. The van der Waals surface area contributed by atoms with Gasteiger partial charge in [0, 0.05) is 11.9 Å². The number of rotatable bonds is 6. The highest BCUT2D eigenvalue weighted by Crippen LogP contribution is 2.28. The average Bonchev–Trinajstić information content (AvgIpc) is 2.71. The van der Waals surface area contributed by atoms with Crippen LogP contribution < -0.4 is 5.32 Å². The average molecular weight is 363 g/mol. The Morgan fingerprint density at radius 2 is 1.70 bits per heavy atom. The summed E-state index contributed by atoms with van der Waals surface area (Å²) in [7, 11) is 0. The smallest absolute Gasteiger partial charge is 0.342 e. The normalized spacial score (nSPS) is 11.7. The molecule has 0 spiro atoms. The molecule has 0 saturated heterocycles. The van der Waals surface area contributed by atoms with Gasteiger partial charge in [-0.1, -0.05) is 67.6 Å². The topological polar surface area (TPSA) is 75.6 Å². The molecule has 3 aromatic carbocycles. The van der Waals surface area contributed by atoms with E-state index in [0.29, 0.717) is 11.9 Å². The first-order valence-electron chi connectivity index (χ1n) is 8.75. The number of phenols is 1. The summed E-state index contributed by atoms with van der Waals surface area (Å²) in [5, 5.41) is 14.4. The number of amides is 1. The third-order valence-corrected chi connectivity index (χ3v) is 4.43. The van der Waals surface area contributed by atoms with Gasteiger partial charge in [0.15, 0.2) is 6.61 Å². The lowest BCUT2D eigenvalue weighted by molar-refractivity contribution is -0.124. The molecule has 0 unspecified atom stereocenters. The van der Waals surface area contributed by atoms with Crippen molar-refractivity contribution in [2.75, 3.05) is 13.2 Å². The van der Waals surface area contributed by atoms with Crippen molar-refractivity contribution in [2.24, 2.45) is 0 Å². The maximum atomic E-state index is 12.2. The maximum Gasteiger partial charge on any atom is 0.342 e. The van der Waals surface area contributed by atoms with Crippen molar-refractivity contribution >= 4 is 22.6 Å². The quantitative estimate of drug-likeness (QED) is 0.656. The number of hydrogen-bond donors (Lipinski definition) is 2. The Morgan fingerprint density at radius 1 is 1.00 bits per heavy atom. The maximum absolute atomic E-state index is 12.2. The highest BCUT2D eigenvalue weighted by molar-refractivity contribution is 6.01. The van der Waals surface area contributed by atoms with Crippen molar-refractivity contribution in [3.05, 3.63) is 77.9 Å². The summed E-state index contributed by atoms with van der Waals surface area (Å²) in [6.45, 7) is 2.06. The highest BCUT2D eigenvalue weighted by atomic mass is 16.5. The Kier molecular flexibility index (Phi) is 5.71. The molecule has 27 heavy (non-hydrogen) atoms. The zero-order chi connectivity index (χ0) is 19.2. The number of aromatic hydroxyl groups is 1. The van der Waals surface area contributed by atoms with E-state index in [0.717, 1.165) is 10.9 Å².